The highest BCUT2D eigenvalue weighted by molar-refractivity contribution is 14.1. The first-order chi connectivity index (χ1) is 8.39. The summed E-state index contributed by atoms with van der Waals surface area (Å²) in [7, 11) is -3.86. The molecule has 1 heterocycles. The molecule has 2 rings (SSSR count). The van der Waals surface area contributed by atoms with Crippen molar-refractivity contribution in [2.45, 2.75) is 5.03 Å². The summed E-state index contributed by atoms with van der Waals surface area (Å²) in [6.07, 6.45) is 1.39. The van der Waals surface area contributed by atoms with Gasteiger partial charge in [0.15, 0.2) is 5.03 Å². The number of primary sulfonamides is 1. The number of aromatic nitrogens is 1. The van der Waals surface area contributed by atoms with Crippen LogP contribution < -0.4 is 5.14 Å². The summed E-state index contributed by atoms with van der Waals surface area (Å²) in [4.78, 5) is 3.84. The van der Waals surface area contributed by atoms with Crippen LogP contribution in [0.25, 0.3) is 11.1 Å². The number of nitrogens with zero attached hydrogens (tertiary/aromatic N) is 1. The van der Waals surface area contributed by atoms with Crippen LogP contribution in [0.1, 0.15) is 0 Å². The average Bonchev–Trinajstić information content (AvgIpc) is 2.28. The van der Waals surface area contributed by atoms with Crippen LogP contribution in [-0.4, -0.2) is 13.4 Å². The number of hydrogen-bond donors (Lipinski definition) is 1. The number of sulfonamides is 1. The summed E-state index contributed by atoms with van der Waals surface area (Å²) < 4.78 is 23.8. The van der Waals surface area contributed by atoms with Crippen LogP contribution in [0.5, 0.6) is 0 Å². The molecule has 2 N–H and O–H groups in total. The van der Waals surface area contributed by atoms with Gasteiger partial charge in [0.25, 0.3) is 10.0 Å². The molecule has 0 aliphatic heterocycles. The number of pyridine rings is 1. The molecule has 94 valence electrons. The predicted molar refractivity (Wildman–Crippen MR) is 78.8 cm³/mol. The van der Waals surface area contributed by atoms with Crippen LogP contribution in [0.2, 0.25) is 5.02 Å². The van der Waals surface area contributed by atoms with Crippen LogP contribution in [-0.2, 0) is 10.0 Å². The van der Waals surface area contributed by atoms with Gasteiger partial charge in [-0.25, -0.2) is 18.5 Å². The molecule has 0 spiro atoms. The first-order valence-corrected chi connectivity index (χ1v) is 7.83. The van der Waals surface area contributed by atoms with Gasteiger partial charge in [-0.1, -0.05) is 17.7 Å². The van der Waals surface area contributed by atoms with Crippen molar-refractivity contribution in [2.24, 2.45) is 5.14 Å². The standard InChI is InChI=1S/C11H8ClIN2O2S/c12-7-3-4-8(10(13)6-7)9-2-1-5-15-11(9)18(14,16)17/h1-6H,(H2,14,16,17). The number of hydrogen-bond acceptors (Lipinski definition) is 3. The lowest BCUT2D eigenvalue weighted by Crippen LogP contribution is -2.15. The Labute approximate surface area is 123 Å². The van der Waals surface area contributed by atoms with Gasteiger partial charge in [0.2, 0.25) is 0 Å². The Bertz CT molecular complexity index is 704. The van der Waals surface area contributed by atoms with Crippen molar-refractivity contribution in [3.63, 3.8) is 0 Å². The SMILES string of the molecule is NS(=O)(=O)c1ncccc1-c1ccc(Cl)cc1I. The Morgan fingerprint density at radius 2 is 1.94 bits per heavy atom. The molecule has 2 aromatic rings. The maximum Gasteiger partial charge on any atom is 0.256 e. The molecule has 4 nitrogen and oxygen atoms in total. The molecular weight excluding hydrogens is 387 g/mol. The highest BCUT2D eigenvalue weighted by atomic mass is 127. The van der Waals surface area contributed by atoms with E-state index in [-0.39, 0.29) is 5.03 Å². The molecule has 0 atom stereocenters. The molecule has 0 bridgehead atoms. The van der Waals surface area contributed by atoms with Gasteiger partial charge in [-0.05, 0) is 52.4 Å². The minimum Gasteiger partial charge on any atom is -0.243 e. The minimum atomic E-state index is -3.86. The molecule has 0 fully saturated rings. The molecule has 18 heavy (non-hydrogen) atoms. The Morgan fingerprint density at radius 3 is 2.56 bits per heavy atom. The summed E-state index contributed by atoms with van der Waals surface area (Å²) >= 11 is 7.96. The lowest BCUT2D eigenvalue weighted by Gasteiger charge is -2.08. The fraction of sp³-hybridized carbons (Fsp3) is 0. The monoisotopic (exact) mass is 394 g/mol. The van der Waals surface area contributed by atoms with Crippen molar-refractivity contribution < 1.29 is 8.42 Å². The molecule has 0 saturated heterocycles. The fourth-order valence-corrected chi connectivity index (χ4v) is 3.38. The third-order valence-corrected chi connectivity index (χ3v) is 4.25. The van der Waals surface area contributed by atoms with Gasteiger partial charge >= 0.3 is 0 Å². The maximum absolute atomic E-state index is 11.5. The highest BCUT2D eigenvalue weighted by Gasteiger charge is 2.17. The average molecular weight is 395 g/mol. The van der Waals surface area contributed by atoms with Crippen molar-refractivity contribution >= 4 is 44.2 Å². The number of nitrogens with two attached hydrogens (primary N) is 1. The Hall–Kier alpha value is -0.700. The molecule has 0 amide bonds. The molecule has 7 heteroatoms. The van der Waals surface area contributed by atoms with E-state index in [1.165, 1.54) is 6.20 Å². The lowest BCUT2D eigenvalue weighted by atomic mass is 10.1. The summed E-state index contributed by atoms with van der Waals surface area (Å²) in [5.74, 6) is 0. The van der Waals surface area contributed by atoms with Gasteiger partial charge in [-0.2, -0.15) is 0 Å². The third-order valence-electron chi connectivity index (χ3n) is 2.26. The van der Waals surface area contributed by atoms with Crippen LogP contribution in [0.15, 0.2) is 41.6 Å². The number of halogens is 2. The molecule has 0 aliphatic carbocycles. The first-order valence-electron chi connectivity index (χ1n) is 4.83. The molecule has 0 unspecified atom stereocenters. The summed E-state index contributed by atoms with van der Waals surface area (Å²) in [5.41, 5.74) is 1.21. The second-order valence-electron chi connectivity index (χ2n) is 3.53. The summed E-state index contributed by atoms with van der Waals surface area (Å²) in [6, 6.07) is 8.51. The van der Waals surface area contributed by atoms with E-state index in [9.17, 15) is 8.42 Å². The van der Waals surface area contributed by atoms with Crippen LogP contribution >= 0.6 is 34.2 Å². The van der Waals surface area contributed by atoms with Crippen molar-refractivity contribution in [1.82, 2.24) is 4.98 Å². The zero-order valence-corrected chi connectivity index (χ0v) is 12.7. The molecule has 0 radical (unpaired) electrons. The predicted octanol–water partition coefficient (Wildman–Crippen LogP) is 2.65. The van der Waals surface area contributed by atoms with Gasteiger partial charge in [-0.15, -0.1) is 0 Å². The van der Waals surface area contributed by atoms with Crippen LogP contribution in [0, 0.1) is 3.57 Å². The van der Waals surface area contributed by atoms with E-state index >= 15 is 0 Å². The topological polar surface area (TPSA) is 73.1 Å². The van der Waals surface area contributed by atoms with Gasteiger partial charge in [0.1, 0.15) is 0 Å². The Morgan fingerprint density at radius 1 is 1.22 bits per heavy atom. The summed E-state index contributed by atoms with van der Waals surface area (Å²) in [6.45, 7) is 0. The van der Waals surface area contributed by atoms with Gasteiger partial charge < -0.3 is 0 Å². The van der Waals surface area contributed by atoms with Crippen molar-refractivity contribution in [3.8, 4) is 11.1 Å². The molecule has 0 saturated carbocycles. The molecule has 1 aromatic carbocycles. The fourth-order valence-electron chi connectivity index (χ4n) is 1.53. The van der Waals surface area contributed by atoms with E-state index in [1.807, 2.05) is 0 Å². The highest BCUT2D eigenvalue weighted by Crippen LogP contribution is 2.30. The van der Waals surface area contributed by atoms with E-state index < -0.39 is 10.0 Å². The smallest absolute Gasteiger partial charge is 0.243 e. The Balaban J connectivity index is 2.72. The third kappa shape index (κ3) is 2.82. The first kappa shape index (κ1) is 13.7. The van der Waals surface area contributed by atoms with Crippen molar-refractivity contribution in [3.05, 3.63) is 45.1 Å². The maximum atomic E-state index is 11.5. The van der Waals surface area contributed by atoms with E-state index in [1.54, 1.807) is 30.3 Å². The van der Waals surface area contributed by atoms with Crippen LogP contribution in [0.4, 0.5) is 0 Å². The van der Waals surface area contributed by atoms with Gasteiger partial charge in [0, 0.05) is 20.4 Å². The van der Waals surface area contributed by atoms with Gasteiger partial charge in [0.05, 0.1) is 0 Å². The normalized spacial score (nSPS) is 11.5. The second-order valence-corrected chi connectivity index (χ2v) is 6.60. The van der Waals surface area contributed by atoms with Crippen molar-refractivity contribution in [1.29, 1.82) is 0 Å². The van der Waals surface area contributed by atoms with E-state index in [2.05, 4.69) is 27.6 Å². The van der Waals surface area contributed by atoms with E-state index in [4.69, 9.17) is 16.7 Å². The van der Waals surface area contributed by atoms with Crippen LogP contribution in [0.3, 0.4) is 0 Å². The minimum absolute atomic E-state index is 0.134. The van der Waals surface area contributed by atoms with Gasteiger partial charge in [-0.3, -0.25) is 0 Å². The molecule has 0 aliphatic rings. The Kier molecular flexibility index (Phi) is 3.90. The number of rotatable bonds is 2. The molecule has 1 aromatic heterocycles. The second kappa shape index (κ2) is 5.12. The quantitative estimate of drug-likeness (QED) is 0.796. The van der Waals surface area contributed by atoms with E-state index in [0.717, 1.165) is 9.13 Å². The molecular formula is C11H8ClIN2O2S. The van der Waals surface area contributed by atoms with E-state index in [0.29, 0.717) is 10.6 Å². The van der Waals surface area contributed by atoms with Crippen molar-refractivity contribution in [2.75, 3.05) is 0 Å². The lowest BCUT2D eigenvalue weighted by molar-refractivity contribution is 0.594. The largest absolute Gasteiger partial charge is 0.256 e. The zero-order valence-electron chi connectivity index (χ0n) is 8.97. The zero-order chi connectivity index (χ0) is 13.3. The summed E-state index contributed by atoms with van der Waals surface area (Å²) in [5, 5.41) is 5.61. The number of benzene rings is 1.